The van der Waals surface area contributed by atoms with E-state index in [1.165, 1.54) is 23.7 Å². The van der Waals surface area contributed by atoms with Gasteiger partial charge in [-0.3, -0.25) is 19.1 Å². The monoisotopic (exact) mass is 437 g/mol. The van der Waals surface area contributed by atoms with E-state index < -0.39 is 11.2 Å². The number of hydrogen-bond acceptors (Lipinski definition) is 5. The topological polar surface area (TPSA) is 122 Å². The Balaban J connectivity index is 1.29. The number of aryl methyl sites for hydroxylation is 2. The first-order valence-corrected chi connectivity index (χ1v) is 9.86. The van der Waals surface area contributed by atoms with Crippen LogP contribution in [0, 0.1) is 5.82 Å². The molecule has 4 rings (SSSR count). The Hall–Kier alpha value is -4.21. The Morgan fingerprint density at radius 3 is 2.41 bits per heavy atom. The standard InChI is InChI=1S/C22H20FN5O4/c1-28-20-19(21(30)27-22(28)31)25-17(26-20)10-11-18(29)24-12-13-2-6-15(7-3-13)32-16-8-4-14(23)5-9-16/h2-9H,10-12H2,1H3,(H,24,29)(H,25,26)(H,27,30,31). The van der Waals surface area contributed by atoms with Crippen LogP contribution in [0.3, 0.4) is 0 Å². The molecule has 0 saturated carbocycles. The normalized spacial score (nSPS) is 10.9. The van der Waals surface area contributed by atoms with Gasteiger partial charge >= 0.3 is 5.69 Å². The molecular weight excluding hydrogens is 417 g/mol. The highest BCUT2D eigenvalue weighted by molar-refractivity contribution is 5.76. The third-order valence-corrected chi connectivity index (χ3v) is 4.85. The largest absolute Gasteiger partial charge is 0.457 e. The van der Waals surface area contributed by atoms with Crippen LogP contribution in [0.5, 0.6) is 11.5 Å². The number of fused-ring (bicyclic) bond motifs is 1. The molecule has 0 saturated heterocycles. The molecule has 4 aromatic rings. The summed E-state index contributed by atoms with van der Waals surface area (Å²) in [7, 11) is 1.51. The van der Waals surface area contributed by atoms with Gasteiger partial charge in [0.2, 0.25) is 5.91 Å². The molecule has 0 unspecified atom stereocenters. The lowest BCUT2D eigenvalue weighted by Crippen LogP contribution is -2.28. The van der Waals surface area contributed by atoms with Crippen molar-refractivity contribution in [3.05, 3.63) is 86.6 Å². The number of halogens is 1. The second-order valence-electron chi connectivity index (χ2n) is 7.18. The average Bonchev–Trinajstić information content (AvgIpc) is 3.22. The van der Waals surface area contributed by atoms with Crippen LogP contribution in [-0.2, 0) is 24.8 Å². The maximum Gasteiger partial charge on any atom is 0.329 e. The summed E-state index contributed by atoms with van der Waals surface area (Å²) >= 11 is 0. The van der Waals surface area contributed by atoms with E-state index in [9.17, 15) is 18.8 Å². The third kappa shape index (κ3) is 4.75. The number of benzene rings is 2. The number of carbonyl (C=O) groups excluding carboxylic acids is 1. The Labute approximate surface area is 180 Å². The molecule has 0 radical (unpaired) electrons. The highest BCUT2D eigenvalue weighted by Gasteiger charge is 2.12. The fourth-order valence-electron chi connectivity index (χ4n) is 3.11. The second-order valence-corrected chi connectivity index (χ2v) is 7.18. The predicted molar refractivity (Wildman–Crippen MR) is 115 cm³/mol. The maximum absolute atomic E-state index is 13.0. The third-order valence-electron chi connectivity index (χ3n) is 4.85. The molecule has 0 aliphatic rings. The number of aromatic amines is 2. The molecule has 2 aromatic heterocycles. The Bertz CT molecular complexity index is 1370. The van der Waals surface area contributed by atoms with Gasteiger partial charge < -0.3 is 15.0 Å². The summed E-state index contributed by atoms with van der Waals surface area (Å²) < 4.78 is 19.8. The predicted octanol–water partition coefficient (Wildman–Crippen LogP) is 2.13. The van der Waals surface area contributed by atoms with Gasteiger partial charge in [0.05, 0.1) is 0 Å². The second kappa shape index (κ2) is 8.88. The van der Waals surface area contributed by atoms with Crippen LogP contribution in [0.2, 0.25) is 0 Å². The molecule has 0 bridgehead atoms. The van der Waals surface area contributed by atoms with Gasteiger partial charge in [-0.05, 0) is 42.0 Å². The van der Waals surface area contributed by atoms with Crippen LogP contribution in [0.25, 0.3) is 11.2 Å². The summed E-state index contributed by atoms with van der Waals surface area (Å²) in [4.78, 5) is 45.0. The lowest BCUT2D eigenvalue weighted by atomic mass is 10.2. The molecule has 2 heterocycles. The summed E-state index contributed by atoms with van der Waals surface area (Å²) in [5.41, 5.74) is 0.239. The molecule has 9 nitrogen and oxygen atoms in total. The van der Waals surface area contributed by atoms with Crippen molar-refractivity contribution in [2.75, 3.05) is 0 Å². The van der Waals surface area contributed by atoms with Gasteiger partial charge in [0, 0.05) is 26.4 Å². The first-order valence-electron chi connectivity index (χ1n) is 9.86. The van der Waals surface area contributed by atoms with Gasteiger partial charge in [-0.15, -0.1) is 0 Å². The van der Waals surface area contributed by atoms with E-state index in [2.05, 4.69) is 20.3 Å². The van der Waals surface area contributed by atoms with E-state index in [4.69, 9.17) is 4.74 Å². The Morgan fingerprint density at radius 2 is 1.72 bits per heavy atom. The van der Waals surface area contributed by atoms with Crippen LogP contribution in [0.1, 0.15) is 17.8 Å². The molecule has 3 N–H and O–H groups in total. The summed E-state index contributed by atoms with van der Waals surface area (Å²) in [6.45, 7) is 0.337. The molecule has 1 amide bonds. The summed E-state index contributed by atoms with van der Waals surface area (Å²) in [6.07, 6.45) is 0.454. The number of nitrogens with zero attached hydrogens (tertiary/aromatic N) is 2. The number of aromatic nitrogens is 4. The zero-order valence-electron chi connectivity index (χ0n) is 17.1. The molecule has 0 aliphatic carbocycles. The minimum absolute atomic E-state index is 0.164. The van der Waals surface area contributed by atoms with E-state index in [0.717, 1.165) is 5.56 Å². The van der Waals surface area contributed by atoms with E-state index >= 15 is 0 Å². The first kappa shape index (κ1) is 21.0. The molecular formula is C22H20FN5O4. The lowest BCUT2D eigenvalue weighted by molar-refractivity contribution is -0.121. The minimum Gasteiger partial charge on any atom is -0.457 e. The zero-order valence-corrected chi connectivity index (χ0v) is 17.1. The number of nitrogens with one attached hydrogen (secondary N) is 3. The van der Waals surface area contributed by atoms with Crippen molar-refractivity contribution in [2.45, 2.75) is 19.4 Å². The number of H-pyrrole nitrogens is 2. The fraction of sp³-hybridized carbons (Fsp3) is 0.182. The number of ether oxygens (including phenoxy) is 1. The average molecular weight is 437 g/mol. The van der Waals surface area contributed by atoms with Crippen LogP contribution in [-0.4, -0.2) is 25.4 Å². The van der Waals surface area contributed by atoms with Crippen LogP contribution >= 0.6 is 0 Å². The van der Waals surface area contributed by atoms with Gasteiger partial charge in [-0.2, -0.15) is 0 Å². The molecule has 32 heavy (non-hydrogen) atoms. The van der Waals surface area contributed by atoms with Gasteiger partial charge in [-0.25, -0.2) is 14.2 Å². The maximum atomic E-state index is 13.0. The summed E-state index contributed by atoms with van der Waals surface area (Å²) in [5, 5.41) is 2.82. The van der Waals surface area contributed by atoms with Gasteiger partial charge in [0.1, 0.15) is 28.7 Å². The molecule has 0 aliphatic heterocycles. The smallest absolute Gasteiger partial charge is 0.329 e. The Kier molecular flexibility index (Phi) is 5.84. The number of hydrogen-bond donors (Lipinski definition) is 3. The van der Waals surface area contributed by atoms with E-state index in [-0.39, 0.29) is 29.3 Å². The van der Waals surface area contributed by atoms with Crippen LogP contribution in [0.15, 0.2) is 58.1 Å². The van der Waals surface area contributed by atoms with Gasteiger partial charge in [0.15, 0.2) is 5.65 Å². The van der Waals surface area contributed by atoms with Crippen LogP contribution < -0.4 is 21.3 Å². The van der Waals surface area contributed by atoms with Gasteiger partial charge in [-0.1, -0.05) is 12.1 Å². The van der Waals surface area contributed by atoms with Crippen LogP contribution in [0.4, 0.5) is 4.39 Å². The van der Waals surface area contributed by atoms with Gasteiger partial charge in [0.25, 0.3) is 5.56 Å². The Morgan fingerprint density at radius 1 is 1.06 bits per heavy atom. The van der Waals surface area contributed by atoms with E-state index in [1.807, 2.05) is 12.1 Å². The lowest BCUT2D eigenvalue weighted by Gasteiger charge is -2.08. The van der Waals surface area contributed by atoms with Crippen molar-refractivity contribution in [1.82, 2.24) is 24.8 Å². The number of carbonyl (C=O) groups is 1. The van der Waals surface area contributed by atoms with Crippen molar-refractivity contribution in [1.29, 1.82) is 0 Å². The highest BCUT2D eigenvalue weighted by atomic mass is 19.1. The molecule has 0 atom stereocenters. The SMILES string of the molecule is Cn1c(=O)[nH]c(=O)c2[nH]c(CCC(=O)NCc3ccc(Oc4ccc(F)cc4)cc3)nc21. The quantitative estimate of drug-likeness (QED) is 0.409. The highest BCUT2D eigenvalue weighted by Crippen LogP contribution is 2.21. The van der Waals surface area contributed by atoms with Crippen molar-refractivity contribution in [3.63, 3.8) is 0 Å². The summed E-state index contributed by atoms with van der Waals surface area (Å²) in [5.74, 6) is 1.06. The fourth-order valence-corrected chi connectivity index (χ4v) is 3.11. The van der Waals surface area contributed by atoms with E-state index in [1.54, 1.807) is 24.3 Å². The molecule has 10 heteroatoms. The molecule has 2 aromatic carbocycles. The summed E-state index contributed by atoms with van der Waals surface area (Å²) in [6, 6.07) is 12.9. The molecule has 0 spiro atoms. The number of amides is 1. The van der Waals surface area contributed by atoms with E-state index in [0.29, 0.717) is 30.3 Å². The van der Waals surface area contributed by atoms with Crippen molar-refractivity contribution >= 4 is 17.1 Å². The molecule has 164 valence electrons. The number of rotatable bonds is 7. The van der Waals surface area contributed by atoms with Crippen molar-refractivity contribution in [2.24, 2.45) is 7.05 Å². The van der Waals surface area contributed by atoms with Crippen molar-refractivity contribution in [3.8, 4) is 11.5 Å². The zero-order chi connectivity index (χ0) is 22.7. The minimum atomic E-state index is -0.549. The first-order chi connectivity index (χ1) is 15.4. The number of imidazole rings is 1. The molecule has 0 fully saturated rings. The van der Waals surface area contributed by atoms with Crippen molar-refractivity contribution < 1.29 is 13.9 Å².